The van der Waals surface area contributed by atoms with Crippen molar-refractivity contribution in [2.75, 3.05) is 20.3 Å². The Bertz CT molecular complexity index is 731. The highest BCUT2D eigenvalue weighted by molar-refractivity contribution is 5.97. The van der Waals surface area contributed by atoms with Crippen LogP contribution in [0.2, 0.25) is 0 Å². The van der Waals surface area contributed by atoms with Gasteiger partial charge in [0.25, 0.3) is 0 Å². The van der Waals surface area contributed by atoms with Gasteiger partial charge in [0.05, 0.1) is 30.3 Å². The van der Waals surface area contributed by atoms with Crippen molar-refractivity contribution in [2.24, 2.45) is 16.5 Å². The van der Waals surface area contributed by atoms with Crippen LogP contribution < -0.4 is 0 Å². The Balaban J connectivity index is 1.51. The summed E-state index contributed by atoms with van der Waals surface area (Å²) in [6, 6.07) is -0.195. The summed E-state index contributed by atoms with van der Waals surface area (Å²) in [5.74, 6) is 0.372. The zero-order valence-corrected chi connectivity index (χ0v) is 14.5. The number of rotatable bonds is 4. The number of amides is 1. The topological polar surface area (TPSA) is 62.1 Å². The van der Waals surface area contributed by atoms with Crippen LogP contribution in [0, 0.1) is 11.3 Å². The smallest absolute Gasteiger partial charge is 0.233 e. The number of hydrogen-bond acceptors (Lipinski definition) is 4. The first kappa shape index (κ1) is 16.3. The van der Waals surface area contributed by atoms with Crippen molar-refractivity contribution < 1.29 is 14.7 Å². The van der Waals surface area contributed by atoms with E-state index in [1.165, 1.54) is 18.3 Å². The Morgan fingerprint density at radius 2 is 2.28 bits per heavy atom. The molecule has 25 heavy (non-hydrogen) atoms. The molecular formula is C20H24N2O3. The fraction of sp³-hybridized carbons (Fsp3) is 0.500. The standard InChI is InChI=1S/C20H24N2O3/c1-25-21-17-10-18(13-23)22(12-17)19(24)20-8-7-15(9-16(20)11-20)14-5-3-2-4-6-14/h3,5-9,16,18,23H,2,4,10-13H2,1H3/t16?,18-,20?/m0/s1. The molecule has 1 saturated heterocycles. The molecule has 5 nitrogen and oxygen atoms in total. The van der Waals surface area contributed by atoms with Crippen molar-refractivity contribution in [1.29, 1.82) is 0 Å². The fourth-order valence-corrected chi connectivity index (χ4v) is 4.19. The lowest BCUT2D eigenvalue weighted by atomic mass is 9.89. The largest absolute Gasteiger partial charge is 0.399 e. The highest BCUT2D eigenvalue weighted by atomic mass is 16.6. The predicted molar refractivity (Wildman–Crippen MR) is 95.9 cm³/mol. The number of oxime groups is 1. The van der Waals surface area contributed by atoms with Crippen LogP contribution in [0.3, 0.4) is 0 Å². The molecule has 5 heteroatoms. The summed E-state index contributed by atoms with van der Waals surface area (Å²) < 4.78 is 0. The number of allylic oxidation sites excluding steroid dienone is 7. The van der Waals surface area contributed by atoms with Gasteiger partial charge in [0.1, 0.15) is 7.11 Å². The highest BCUT2D eigenvalue weighted by Crippen LogP contribution is 2.59. The molecule has 1 amide bonds. The van der Waals surface area contributed by atoms with Gasteiger partial charge in [-0.2, -0.15) is 0 Å². The maximum Gasteiger partial charge on any atom is 0.233 e. The molecule has 0 bridgehead atoms. The van der Waals surface area contributed by atoms with Gasteiger partial charge in [0.15, 0.2) is 0 Å². The number of carbonyl (C=O) groups is 1. The van der Waals surface area contributed by atoms with Crippen LogP contribution in [0.25, 0.3) is 0 Å². The molecule has 3 atom stereocenters. The minimum atomic E-state index is -0.418. The maximum absolute atomic E-state index is 13.2. The number of likely N-dealkylation sites (tertiary alicyclic amines) is 1. The predicted octanol–water partition coefficient (Wildman–Crippen LogP) is 2.36. The van der Waals surface area contributed by atoms with Crippen LogP contribution in [0.1, 0.15) is 25.7 Å². The van der Waals surface area contributed by atoms with E-state index in [2.05, 4.69) is 41.6 Å². The molecule has 0 aromatic heterocycles. The van der Waals surface area contributed by atoms with Crippen LogP contribution in [-0.4, -0.2) is 47.9 Å². The van der Waals surface area contributed by atoms with E-state index in [0.717, 1.165) is 25.0 Å². The Hall–Kier alpha value is -2.14. The third-order valence-electron chi connectivity index (χ3n) is 5.68. The molecule has 3 aliphatic carbocycles. The highest BCUT2D eigenvalue weighted by Gasteiger charge is 2.60. The monoisotopic (exact) mass is 340 g/mol. The van der Waals surface area contributed by atoms with E-state index in [1.807, 2.05) is 0 Å². The molecule has 4 aliphatic rings. The number of aliphatic hydroxyl groups excluding tert-OH is 1. The summed E-state index contributed by atoms with van der Waals surface area (Å²) in [5, 5.41) is 13.6. The molecule has 2 unspecified atom stereocenters. The van der Waals surface area contributed by atoms with Gasteiger partial charge in [0, 0.05) is 6.42 Å². The van der Waals surface area contributed by atoms with Gasteiger partial charge in [-0.05, 0) is 36.3 Å². The quantitative estimate of drug-likeness (QED) is 0.799. The molecule has 4 rings (SSSR count). The van der Waals surface area contributed by atoms with Crippen LogP contribution in [-0.2, 0) is 9.63 Å². The van der Waals surface area contributed by atoms with E-state index in [1.54, 1.807) is 4.90 Å². The van der Waals surface area contributed by atoms with Gasteiger partial charge < -0.3 is 14.8 Å². The molecule has 1 N–H and O–H groups in total. The Kier molecular flexibility index (Phi) is 4.12. The Morgan fingerprint density at radius 1 is 1.40 bits per heavy atom. The average Bonchev–Trinajstić information content (AvgIpc) is 3.26. The molecule has 0 spiro atoms. The van der Waals surface area contributed by atoms with Crippen LogP contribution in [0.15, 0.2) is 52.8 Å². The first-order chi connectivity index (χ1) is 12.2. The summed E-state index contributed by atoms with van der Waals surface area (Å²) in [6.07, 6.45) is 16.7. The second-order valence-corrected chi connectivity index (χ2v) is 7.26. The molecule has 1 aliphatic heterocycles. The first-order valence-corrected chi connectivity index (χ1v) is 8.97. The summed E-state index contributed by atoms with van der Waals surface area (Å²) in [5.41, 5.74) is 2.89. The maximum atomic E-state index is 13.2. The molecule has 0 aromatic carbocycles. The average molecular weight is 340 g/mol. The third kappa shape index (κ3) is 2.76. The molecule has 0 aromatic rings. The third-order valence-corrected chi connectivity index (χ3v) is 5.68. The number of carbonyl (C=O) groups excluding carboxylic acids is 1. The first-order valence-electron chi connectivity index (χ1n) is 8.97. The fourth-order valence-electron chi connectivity index (χ4n) is 4.19. The van der Waals surface area contributed by atoms with Gasteiger partial charge in [-0.1, -0.05) is 41.6 Å². The second-order valence-electron chi connectivity index (χ2n) is 7.26. The van der Waals surface area contributed by atoms with Crippen LogP contribution in [0.4, 0.5) is 0 Å². The normalized spacial score (nSPS) is 34.6. The van der Waals surface area contributed by atoms with E-state index in [4.69, 9.17) is 4.84 Å². The van der Waals surface area contributed by atoms with Gasteiger partial charge in [0.2, 0.25) is 5.91 Å². The van der Waals surface area contributed by atoms with E-state index < -0.39 is 5.41 Å². The molecule has 2 fully saturated rings. The SMILES string of the molecule is CON=C1C[C@@H](CO)N(C(=O)C23C=CC(C4=CCCC=C4)=CC2C3)C1. The number of aliphatic hydroxyl groups is 1. The van der Waals surface area contributed by atoms with Crippen molar-refractivity contribution in [3.8, 4) is 0 Å². The van der Waals surface area contributed by atoms with Crippen molar-refractivity contribution in [2.45, 2.75) is 31.7 Å². The lowest BCUT2D eigenvalue weighted by Crippen LogP contribution is -2.42. The second kappa shape index (κ2) is 6.30. The van der Waals surface area contributed by atoms with Gasteiger partial charge >= 0.3 is 0 Å². The zero-order valence-electron chi connectivity index (χ0n) is 14.5. The molecule has 1 heterocycles. The number of nitrogens with zero attached hydrogens (tertiary/aromatic N) is 2. The lowest BCUT2D eigenvalue weighted by molar-refractivity contribution is -0.137. The van der Waals surface area contributed by atoms with Crippen LogP contribution >= 0.6 is 0 Å². The van der Waals surface area contributed by atoms with Gasteiger partial charge in [-0.3, -0.25) is 4.79 Å². The van der Waals surface area contributed by atoms with Crippen molar-refractivity contribution >= 4 is 11.6 Å². The molecular weight excluding hydrogens is 316 g/mol. The van der Waals surface area contributed by atoms with Crippen molar-refractivity contribution in [3.05, 3.63) is 47.6 Å². The minimum absolute atomic E-state index is 0.0439. The molecule has 0 radical (unpaired) electrons. The summed E-state index contributed by atoms with van der Waals surface area (Å²) >= 11 is 0. The van der Waals surface area contributed by atoms with Gasteiger partial charge in [-0.15, -0.1) is 0 Å². The molecule has 132 valence electrons. The van der Waals surface area contributed by atoms with E-state index in [-0.39, 0.29) is 24.5 Å². The minimum Gasteiger partial charge on any atom is -0.399 e. The van der Waals surface area contributed by atoms with Crippen LogP contribution in [0.5, 0.6) is 0 Å². The summed E-state index contributed by atoms with van der Waals surface area (Å²) in [7, 11) is 1.51. The van der Waals surface area contributed by atoms with E-state index >= 15 is 0 Å². The van der Waals surface area contributed by atoms with E-state index in [9.17, 15) is 9.90 Å². The summed E-state index contributed by atoms with van der Waals surface area (Å²) in [6.45, 7) is 0.405. The number of fused-ring (bicyclic) bond motifs is 1. The number of hydrogen-bond donors (Lipinski definition) is 1. The van der Waals surface area contributed by atoms with E-state index in [0.29, 0.717) is 13.0 Å². The lowest BCUT2D eigenvalue weighted by Gasteiger charge is -2.27. The zero-order chi connectivity index (χ0) is 17.4. The summed E-state index contributed by atoms with van der Waals surface area (Å²) in [4.78, 5) is 19.8. The Labute approximate surface area is 148 Å². The van der Waals surface area contributed by atoms with Crippen molar-refractivity contribution in [3.63, 3.8) is 0 Å². The van der Waals surface area contributed by atoms with Gasteiger partial charge in [-0.25, -0.2) is 0 Å². The Morgan fingerprint density at radius 3 is 2.96 bits per heavy atom. The molecule has 1 saturated carbocycles. The van der Waals surface area contributed by atoms with Crippen molar-refractivity contribution in [1.82, 2.24) is 4.90 Å².